The van der Waals surface area contributed by atoms with Crippen LogP contribution in [0.1, 0.15) is 46.5 Å². The molecule has 0 aliphatic rings. The summed E-state index contributed by atoms with van der Waals surface area (Å²) in [5, 5.41) is 18.7. The molecule has 0 aromatic carbocycles. The lowest BCUT2D eigenvalue weighted by molar-refractivity contribution is -0.145. The number of carbonyl (C=O) groups is 1. The number of aliphatic hydroxyl groups is 1. The van der Waals surface area contributed by atoms with Crippen LogP contribution in [0.5, 0.6) is 0 Å². The molecule has 4 nitrogen and oxygen atoms in total. The molecule has 0 bridgehead atoms. The van der Waals surface area contributed by atoms with Gasteiger partial charge in [0, 0.05) is 7.11 Å². The van der Waals surface area contributed by atoms with Crippen LogP contribution in [0.3, 0.4) is 0 Å². The van der Waals surface area contributed by atoms with E-state index in [1.807, 2.05) is 12.2 Å². The molecule has 0 rings (SSSR count). The molecule has 2 N–H and O–H groups in total. The van der Waals surface area contributed by atoms with Gasteiger partial charge in [0.15, 0.2) is 0 Å². The molecule has 4 heteroatoms. The van der Waals surface area contributed by atoms with Crippen molar-refractivity contribution >= 4 is 5.97 Å². The maximum absolute atomic E-state index is 10.9. The van der Waals surface area contributed by atoms with Gasteiger partial charge in [0.05, 0.1) is 18.1 Å². The molecule has 0 aliphatic heterocycles. The summed E-state index contributed by atoms with van der Waals surface area (Å²) < 4.78 is 5.41. The first-order chi connectivity index (χ1) is 8.97. The van der Waals surface area contributed by atoms with Gasteiger partial charge in [-0.3, -0.25) is 4.79 Å². The second-order valence-corrected chi connectivity index (χ2v) is 5.02. The predicted molar refractivity (Wildman–Crippen MR) is 76.0 cm³/mol. The lowest BCUT2D eigenvalue weighted by Gasteiger charge is -2.20. The van der Waals surface area contributed by atoms with Gasteiger partial charge < -0.3 is 14.9 Å². The Kier molecular flexibility index (Phi) is 9.53. The molecule has 0 aromatic heterocycles. The molecule has 0 saturated carbocycles. The van der Waals surface area contributed by atoms with Gasteiger partial charge in [-0.1, -0.05) is 39.3 Å². The second-order valence-electron chi connectivity index (χ2n) is 5.02. The van der Waals surface area contributed by atoms with Crippen LogP contribution >= 0.6 is 0 Å². The number of carboxylic acid groups (broad SMARTS) is 1. The smallest absolute Gasteiger partial charge is 0.309 e. The molecule has 112 valence electrons. The van der Waals surface area contributed by atoms with Crippen molar-refractivity contribution in [2.45, 2.75) is 58.7 Å². The molecule has 0 spiro atoms. The molecule has 0 aromatic rings. The van der Waals surface area contributed by atoms with Crippen LogP contribution in [-0.4, -0.2) is 35.5 Å². The first-order valence-corrected chi connectivity index (χ1v) is 7.06. The second kappa shape index (κ2) is 9.98. The third-order valence-electron chi connectivity index (χ3n) is 3.72. The van der Waals surface area contributed by atoms with Crippen molar-refractivity contribution in [1.82, 2.24) is 0 Å². The van der Waals surface area contributed by atoms with Crippen molar-refractivity contribution in [3.05, 3.63) is 12.2 Å². The lowest BCUT2D eigenvalue weighted by Crippen LogP contribution is -2.27. The van der Waals surface area contributed by atoms with E-state index in [9.17, 15) is 9.90 Å². The lowest BCUT2D eigenvalue weighted by atomic mass is 9.96. The average molecular weight is 272 g/mol. The number of carboxylic acids is 1. The van der Waals surface area contributed by atoms with Gasteiger partial charge in [-0.05, 0) is 25.2 Å². The molecule has 0 aliphatic carbocycles. The Bertz CT molecular complexity index is 275. The minimum Gasteiger partial charge on any atom is -0.481 e. The Balaban J connectivity index is 4.17. The molecule has 0 fully saturated rings. The minimum absolute atomic E-state index is 0.180. The predicted octanol–water partition coefficient (Wildman–Crippen LogP) is 2.86. The van der Waals surface area contributed by atoms with E-state index in [0.717, 1.165) is 12.8 Å². The summed E-state index contributed by atoms with van der Waals surface area (Å²) in [6.07, 6.45) is 5.86. The monoisotopic (exact) mass is 272 g/mol. The van der Waals surface area contributed by atoms with Crippen molar-refractivity contribution in [2.24, 2.45) is 11.8 Å². The summed E-state index contributed by atoms with van der Waals surface area (Å²) in [5.74, 6) is -1.13. The Morgan fingerprint density at radius 3 is 2.21 bits per heavy atom. The number of methoxy groups -OCH3 is 1. The van der Waals surface area contributed by atoms with Crippen LogP contribution < -0.4 is 0 Å². The largest absolute Gasteiger partial charge is 0.481 e. The maximum atomic E-state index is 10.9. The van der Waals surface area contributed by atoms with Gasteiger partial charge >= 0.3 is 5.97 Å². The first kappa shape index (κ1) is 18.1. The van der Waals surface area contributed by atoms with Gasteiger partial charge in [-0.15, -0.1) is 0 Å². The zero-order chi connectivity index (χ0) is 14.8. The van der Waals surface area contributed by atoms with Crippen molar-refractivity contribution in [2.75, 3.05) is 7.11 Å². The average Bonchev–Trinajstić information content (AvgIpc) is 2.38. The van der Waals surface area contributed by atoms with Gasteiger partial charge in [0.2, 0.25) is 0 Å². The highest BCUT2D eigenvalue weighted by atomic mass is 16.5. The normalized spacial score (nSPS) is 18.2. The Morgan fingerprint density at radius 2 is 1.79 bits per heavy atom. The molecule has 19 heavy (non-hydrogen) atoms. The summed E-state index contributed by atoms with van der Waals surface area (Å²) in [6.45, 7) is 6.05. The number of ether oxygens (including phenoxy) is 1. The molecular formula is C15H28O4. The van der Waals surface area contributed by atoms with Crippen molar-refractivity contribution in [3.8, 4) is 0 Å². The topological polar surface area (TPSA) is 66.8 Å². The number of hydrogen-bond donors (Lipinski definition) is 2. The van der Waals surface area contributed by atoms with Crippen LogP contribution in [0.4, 0.5) is 0 Å². The quantitative estimate of drug-likeness (QED) is 0.600. The Labute approximate surface area is 116 Å². The fourth-order valence-electron chi connectivity index (χ4n) is 2.07. The molecule has 0 amide bonds. The molecule has 0 heterocycles. The molecule has 4 atom stereocenters. The van der Waals surface area contributed by atoms with Crippen molar-refractivity contribution in [1.29, 1.82) is 0 Å². The Hall–Kier alpha value is -0.870. The highest BCUT2D eigenvalue weighted by molar-refractivity contribution is 5.70. The first-order valence-electron chi connectivity index (χ1n) is 7.06. The molecule has 0 saturated heterocycles. The van der Waals surface area contributed by atoms with Crippen LogP contribution in [0.25, 0.3) is 0 Å². The summed E-state index contributed by atoms with van der Waals surface area (Å²) in [7, 11) is 1.71. The van der Waals surface area contributed by atoms with Gasteiger partial charge in [-0.25, -0.2) is 0 Å². The third kappa shape index (κ3) is 6.73. The zero-order valence-corrected chi connectivity index (χ0v) is 12.5. The van der Waals surface area contributed by atoms with E-state index < -0.39 is 18.0 Å². The minimum atomic E-state index is -0.933. The van der Waals surface area contributed by atoms with E-state index in [1.165, 1.54) is 0 Å². The number of aliphatic hydroxyl groups excluding tert-OH is 1. The van der Waals surface area contributed by atoms with E-state index in [1.54, 1.807) is 14.0 Å². The van der Waals surface area contributed by atoms with Gasteiger partial charge in [-0.2, -0.15) is 0 Å². The van der Waals surface area contributed by atoms with Crippen molar-refractivity contribution in [3.63, 3.8) is 0 Å². The summed E-state index contributed by atoms with van der Waals surface area (Å²) in [4.78, 5) is 10.9. The van der Waals surface area contributed by atoms with Gasteiger partial charge in [0.1, 0.15) is 0 Å². The molecular weight excluding hydrogens is 244 g/mol. The molecule has 0 unspecified atom stereocenters. The van der Waals surface area contributed by atoms with E-state index in [4.69, 9.17) is 9.84 Å². The molecule has 0 radical (unpaired) electrons. The fourth-order valence-corrected chi connectivity index (χ4v) is 2.07. The highest BCUT2D eigenvalue weighted by Crippen LogP contribution is 2.16. The van der Waals surface area contributed by atoms with E-state index in [0.29, 0.717) is 18.8 Å². The standard InChI is InChI=1S/C15H28O4/c1-5-11(3)14(19-4)10-8-7-9-13(16)12(6-2)15(17)18/h7-8,11-14,16H,5-6,9-10H2,1-4H3,(H,17,18)/b8-7-/t11-,12+,13+,14-/m0/s1. The number of hydrogen-bond acceptors (Lipinski definition) is 3. The SMILES string of the molecule is CC[C@H](C)[C@H](C/C=C\C[C@@H](O)[C@@H](CC)C(=O)O)OC. The van der Waals surface area contributed by atoms with E-state index in [2.05, 4.69) is 13.8 Å². The van der Waals surface area contributed by atoms with Crippen LogP contribution in [0, 0.1) is 11.8 Å². The fraction of sp³-hybridized carbons (Fsp3) is 0.800. The van der Waals surface area contributed by atoms with Crippen LogP contribution in [0.15, 0.2) is 12.2 Å². The number of aliphatic carboxylic acids is 1. The summed E-state index contributed by atoms with van der Waals surface area (Å²) in [5.41, 5.74) is 0. The van der Waals surface area contributed by atoms with Crippen LogP contribution in [0.2, 0.25) is 0 Å². The Morgan fingerprint density at radius 1 is 1.21 bits per heavy atom. The summed E-state index contributed by atoms with van der Waals surface area (Å²) >= 11 is 0. The summed E-state index contributed by atoms with van der Waals surface area (Å²) in [6, 6.07) is 0. The van der Waals surface area contributed by atoms with E-state index >= 15 is 0 Å². The van der Waals surface area contributed by atoms with Crippen LogP contribution in [-0.2, 0) is 9.53 Å². The highest BCUT2D eigenvalue weighted by Gasteiger charge is 2.23. The van der Waals surface area contributed by atoms with Gasteiger partial charge in [0.25, 0.3) is 0 Å². The maximum Gasteiger partial charge on any atom is 0.309 e. The van der Waals surface area contributed by atoms with Crippen molar-refractivity contribution < 1.29 is 19.7 Å². The zero-order valence-electron chi connectivity index (χ0n) is 12.5. The number of rotatable bonds is 10. The third-order valence-corrected chi connectivity index (χ3v) is 3.72. The van der Waals surface area contributed by atoms with E-state index in [-0.39, 0.29) is 6.10 Å².